The van der Waals surface area contributed by atoms with E-state index in [0.717, 1.165) is 24.0 Å². The van der Waals surface area contributed by atoms with Crippen molar-refractivity contribution in [1.82, 2.24) is 4.31 Å². The van der Waals surface area contributed by atoms with Crippen LogP contribution in [0.25, 0.3) is 6.08 Å². The van der Waals surface area contributed by atoms with Gasteiger partial charge in [-0.3, -0.25) is 4.79 Å². The molecule has 2 aromatic carbocycles. The number of hydrogen-bond acceptors (Lipinski definition) is 3. The quantitative estimate of drug-likeness (QED) is 0.820. The summed E-state index contributed by atoms with van der Waals surface area (Å²) in [5, 5.41) is 2.72. The van der Waals surface area contributed by atoms with E-state index in [1.807, 2.05) is 31.2 Å². The van der Waals surface area contributed by atoms with E-state index in [-0.39, 0.29) is 10.8 Å². The third-order valence-corrected chi connectivity index (χ3v) is 6.20. The summed E-state index contributed by atoms with van der Waals surface area (Å²) in [6.07, 6.45) is 4.94. The molecule has 136 valence electrons. The molecule has 0 radical (unpaired) electrons. The Balaban J connectivity index is 1.70. The van der Waals surface area contributed by atoms with Crippen LogP contribution in [0.1, 0.15) is 24.0 Å². The molecule has 0 bridgehead atoms. The van der Waals surface area contributed by atoms with Crippen molar-refractivity contribution >= 4 is 27.7 Å². The lowest BCUT2D eigenvalue weighted by Crippen LogP contribution is -2.27. The van der Waals surface area contributed by atoms with E-state index in [2.05, 4.69) is 5.32 Å². The molecule has 0 aromatic heterocycles. The number of hydrogen-bond donors (Lipinski definition) is 1. The molecule has 0 saturated carbocycles. The van der Waals surface area contributed by atoms with Gasteiger partial charge in [0, 0.05) is 24.9 Å². The fraction of sp³-hybridized carbons (Fsp3) is 0.250. The molecule has 3 rings (SSSR count). The van der Waals surface area contributed by atoms with Crippen molar-refractivity contribution in [1.29, 1.82) is 0 Å². The second kappa shape index (κ2) is 7.85. The van der Waals surface area contributed by atoms with Gasteiger partial charge in [0.2, 0.25) is 15.9 Å². The molecular formula is C20H22N2O3S. The number of aryl methyl sites for hydroxylation is 1. The highest BCUT2D eigenvalue weighted by Crippen LogP contribution is 2.23. The largest absolute Gasteiger partial charge is 0.322 e. The van der Waals surface area contributed by atoms with Crippen LogP contribution in [-0.2, 0) is 14.8 Å². The number of carbonyl (C=O) groups is 1. The van der Waals surface area contributed by atoms with Crippen molar-refractivity contribution in [2.24, 2.45) is 0 Å². The van der Waals surface area contributed by atoms with Crippen LogP contribution in [0.2, 0.25) is 0 Å². The fourth-order valence-corrected chi connectivity index (χ4v) is 4.41. The third-order valence-electron chi connectivity index (χ3n) is 4.31. The lowest BCUT2D eigenvalue weighted by molar-refractivity contribution is -0.111. The zero-order valence-corrected chi connectivity index (χ0v) is 15.5. The van der Waals surface area contributed by atoms with Crippen LogP contribution in [-0.4, -0.2) is 31.7 Å². The Bertz CT molecular complexity index is 912. The molecule has 1 amide bonds. The van der Waals surface area contributed by atoms with E-state index >= 15 is 0 Å². The van der Waals surface area contributed by atoms with Gasteiger partial charge in [-0.15, -0.1) is 0 Å². The van der Waals surface area contributed by atoms with Gasteiger partial charge in [0.25, 0.3) is 0 Å². The van der Waals surface area contributed by atoms with Crippen molar-refractivity contribution in [2.45, 2.75) is 24.7 Å². The number of nitrogens with one attached hydrogen (secondary N) is 1. The van der Waals surface area contributed by atoms with Crippen LogP contribution in [0.15, 0.2) is 59.5 Å². The first-order valence-electron chi connectivity index (χ1n) is 8.61. The SMILES string of the molecule is Cc1ccc(C=CC(=O)Nc2cccc(S(=O)(=O)N3CCCC3)c2)cc1. The maximum Gasteiger partial charge on any atom is 0.248 e. The smallest absolute Gasteiger partial charge is 0.248 e. The van der Waals surface area contributed by atoms with Gasteiger partial charge in [-0.1, -0.05) is 35.9 Å². The molecule has 0 atom stereocenters. The first-order valence-corrected chi connectivity index (χ1v) is 10.1. The average molecular weight is 370 g/mol. The van der Waals surface area contributed by atoms with Gasteiger partial charge in [0.05, 0.1) is 4.90 Å². The molecule has 1 aliphatic rings. The Kier molecular flexibility index (Phi) is 5.54. The van der Waals surface area contributed by atoms with E-state index in [0.29, 0.717) is 18.8 Å². The normalized spacial score (nSPS) is 15.4. The summed E-state index contributed by atoms with van der Waals surface area (Å²) in [6, 6.07) is 14.2. The highest BCUT2D eigenvalue weighted by atomic mass is 32.2. The molecule has 5 nitrogen and oxygen atoms in total. The molecule has 1 N–H and O–H groups in total. The summed E-state index contributed by atoms with van der Waals surface area (Å²) >= 11 is 0. The Hall–Kier alpha value is -2.44. The number of carbonyl (C=O) groups excluding carboxylic acids is 1. The lowest BCUT2D eigenvalue weighted by Gasteiger charge is -2.16. The van der Waals surface area contributed by atoms with Crippen molar-refractivity contribution in [3.05, 3.63) is 65.7 Å². The van der Waals surface area contributed by atoms with E-state index in [4.69, 9.17) is 0 Å². The molecule has 0 aliphatic carbocycles. The Morgan fingerprint density at radius 3 is 2.46 bits per heavy atom. The topological polar surface area (TPSA) is 66.5 Å². The number of sulfonamides is 1. The zero-order valence-electron chi connectivity index (χ0n) is 14.7. The van der Waals surface area contributed by atoms with Gasteiger partial charge in [-0.25, -0.2) is 8.42 Å². The molecule has 1 saturated heterocycles. The summed E-state index contributed by atoms with van der Waals surface area (Å²) in [7, 11) is -3.49. The molecule has 0 spiro atoms. The number of anilines is 1. The Morgan fingerprint density at radius 1 is 1.08 bits per heavy atom. The van der Waals surface area contributed by atoms with E-state index in [9.17, 15) is 13.2 Å². The molecule has 2 aromatic rings. The summed E-state index contributed by atoms with van der Waals surface area (Å²) in [6.45, 7) is 3.11. The third kappa shape index (κ3) is 4.39. The Morgan fingerprint density at radius 2 is 1.77 bits per heavy atom. The van der Waals surface area contributed by atoms with Gasteiger partial charge in [-0.2, -0.15) is 4.31 Å². The number of nitrogens with zero attached hydrogens (tertiary/aromatic N) is 1. The Labute approximate surface area is 154 Å². The predicted molar refractivity (Wildman–Crippen MR) is 103 cm³/mol. The molecule has 26 heavy (non-hydrogen) atoms. The van der Waals surface area contributed by atoms with E-state index < -0.39 is 10.0 Å². The maximum atomic E-state index is 12.6. The van der Waals surface area contributed by atoms with Gasteiger partial charge in [0.1, 0.15) is 0 Å². The van der Waals surface area contributed by atoms with Crippen LogP contribution >= 0.6 is 0 Å². The van der Waals surface area contributed by atoms with Gasteiger partial charge >= 0.3 is 0 Å². The molecule has 1 fully saturated rings. The van der Waals surface area contributed by atoms with Crippen LogP contribution in [0.4, 0.5) is 5.69 Å². The molecular weight excluding hydrogens is 348 g/mol. The highest BCUT2D eigenvalue weighted by Gasteiger charge is 2.27. The van der Waals surface area contributed by atoms with Crippen molar-refractivity contribution in [2.75, 3.05) is 18.4 Å². The van der Waals surface area contributed by atoms with E-state index in [1.54, 1.807) is 24.3 Å². The second-order valence-corrected chi connectivity index (χ2v) is 8.31. The summed E-state index contributed by atoms with van der Waals surface area (Å²) < 4.78 is 26.7. The number of amides is 1. The monoisotopic (exact) mass is 370 g/mol. The summed E-state index contributed by atoms with van der Waals surface area (Å²) in [5.41, 5.74) is 2.54. The highest BCUT2D eigenvalue weighted by molar-refractivity contribution is 7.89. The summed E-state index contributed by atoms with van der Waals surface area (Å²) in [5.74, 6) is -0.304. The van der Waals surface area contributed by atoms with Gasteiger partial charge < -0.3 is 5.32 Å². The number of rotatable bonds is 5. The minimum absolute atomic E-state index is 0.208. The van der Waals surface area contributed by atoms with Crippen molar-refractivity contribution in [3.8, 4) is 0 Å². The van der Waals surface area contributed by atoms with Crippen LogP contribution in [0, 0.1) is 6.92 Å². The van der Waals surface area contributed by atoms with Gasteiger partial charge in [0.15, 0.2) is 0 Å². The average Bonchev–Trinajstić information content (AvgIpc) is 3.17. The fourth-order valence-electron chi connectivity index (χ4n) is 2.85. The first kappa shape index (κ1) is 18.4. The first-order chi connectivity index (χ1) is 12.4. The van der Waals surface area contributed by atoms with E-state index in [1.165, 1.54) is 16.4 Å². The standard InChI is InChI=1S/C20H22N2O3S/c1-16-7-9-17(10-8-16)11-12-20(23)21-18-5-4-6-19(15-18)26(24,25)22-13-2-3-14-22/h4-12,15H,2-3,13-14H2,1H3,(H,21,23). The van der Waals surface area contributed by atoms with Crippen molar-refractivity contribution < 1.29 is 13.2 Å². The second-order valence-electron chi connectivity index (χ2n) is 6.37. The van der Waals surface area contributed by atoms with Crippen molar-refractivity contribution in [3.63, 3.8) is 0 Å². The van der Waals surface area contributed by atoms with Crippen LogP contribution < -0.4 is 5.32 Å². The predicted octanol–water partition coefficient (Wildman–Crippen LogP) is 3.43. The lowest BCUT2D eigenvalue weighted by atomic mass is 10.1. The minimum atomic E-state index is -3.49. The zero-order chi connectivity index (χ0) is 18.6. The number of benzene rings is 2. The molecule has 1 aliphatic heterocycles. The minimum Gasteiger partial charge on any atom is -0.322 e. The van der Waals surface area contributed by atoms with Crippen LogP contribution in [0.5, 0.6) is 0 Å². The molecule has 6 heteroatoms. The van der Waals surface area contributed by atoms with Gasteiger partial charge in [-0.05, 0) is 49.6 Å². The molecule has 0 unspecified atom stereocenters. The van der Waals surface area contributed by atoms with Crippen LogP contribution in [0.3, 0.4) is 0 Å². The summed E-state index contributed by atoms with van der Waals surface area (Å²) in [4.78, 5) is 12.3. The molecule has 1 heterocycles. The maximum absolute atomic E-state index is 12.6.